The molecule has 1 aliphatic rings. The van der Waals surface area contributed by atoms with E-state index in [1.807, 2.05) is 60.7 Å². The van der Waals surface area contributed by atoms with Gasteiger partial charge in [0, 0.05) is 12.1 Å². The number of benzene rings is 2. The molecule has 3 heteroatoms. The van der Waals surface area contributed by atoms with Crippen LogP contribution in [0, 0.1) is 0 Å². The second kappa shape index (κ2) is 5.83. The molecule has 0 atom stereocenters. The molecular formula is C18H16NO2-. The van der Waals surface area contributed by atoms with Crippen LogP contribution in [-0.2, 0) is 11.3 Å². The van der Waals surface area contributed by atoms with Crippen molar-refractivity contribution in [3.63, 3.8) is 0 Å². The Balaban J connectivity index is 1.99. The monoisotopic (exact) mass is 278 g/mol. The molecule has 2 aromatic carbocycles. The highest BCUT2D eigenvalue weighted by atomic mass is 16.3. The highest BCUT2D eigenvalue weighted by Gasteiger charge is 2.24. The van der Waals surface area contributed by atoms with Crippen molar-refractivity contribution in [2.24, 2.45) is 0 Å². The Kier molecular flexibility index (Phi) is 3.73. The molecule has 0 spiro atoms. The van der Waals surface area contributed by atoms with Crippen LogP contribution in [0.4, 0.5) is 0 Å². The zero-order valence-corrected chi connectivity index (χ0v) is 11.7. The van der Waals surface area contributed by atoms with Crippen molar-refractivity contribution in [3.05, 3.63) is 77.5 Å². The normalized spacial score (nSPS) is 15.4. The molecule has 1 amide bonds. The average molecular weight is 278 g/mol. The van der Waals surface area contributed by atoms with Crippen LogP contribution in [0.15, 0.2) is 66.4 Å². The summed E-state index contributed by atoms with van der Waals surface area (Å²) in [5, 5.41) is 12.3. The van der Waals surface area contributed by atoms with Crippen molar-refractivity contribution >= 4 is 11.6 Å². The average Bonchev–Trinajstić information content (AvgIpc) is 2.53. The second-order valence-corrected chi connectivity index (χ2v) is 5.10. The van der Waals surface area contributed by atoms with E-state index in [4.69, 9.17) is 0 Å². The number of rotatable bonds is 3. The van der Waals surface area contributed by atoms with Crippen LogP contribution in [0.1, 0.15) is 24.0 Å². The van der Waals surface area contributed by atoms with Gasteiger partial charge in [0.05, 0.1) is 6.54 Å². The van der Waals surface area contributed by atoms with Gasteiger partial charge in [-0.15, -0.1) is 5.76 Å². The Morgan fingerprint density at radius 3 is 2.19 bits per heavy atom. The molecular weight excluding hydrogens is 262 g/mol. The third-order valence-corrected chi connectivity index (χ3v) is 3.63. The number of allylic oxidation sites excluding steroid dienone is 1. The highest BCUT2D eigenvalue weighted by Crippen LogP contribution is 2.29. The summed E-state index contributed by atoms with van der Waals surface area (Å²) in [4.78, 5) is 13.9. The lowest BCUT2D eigenvalue weighted by Gasteiger charge is -2.35. The molecule has 0 unspecified atom stereocenters. The molecule has 0 saturated carbocycles. The molecule has 0 saturated heterocycles. The van der Waals surface area contributed by atoms with Crippen LogP contribution in [0.3, 0.4) is 0 Å². The minimum atomic E-state index is 0.0114. The molecule has 0 aliphatic carbocycles. The minimum absolute atomic E-state index is 0.0114. The van der Waals surface area contributed by atoms with Crippen LogP contribution in [0.25, 0.3) is 5.70 Å². The van der Waals surface area contributed by atoms with Crippen LogP contribution < -0.4 is 5.11 Å². The number of amides is 1. The van der Waals surface area contributed by atoms with Crippen molar-refractivity contribution < 1.29 is 9.90 Å². The zero-order valence-electron chi connectivity index (χ0n) is 11.7. The first-order chi connectivity index (χ1) is 10.3. The summed E-state index contributed by atoms with van der Waals surface area (Å²) in [6.45, 7) is 0.440. The second-order valence-electron chi connectivity index (χ2n) is 5.10. The van der Waals surface area contributed by atoms with Gasteiger partial charge >= 0.3 is 0 Å². The largest absolute Gasteiger partial charge is 0.874 e. The van der Waals surface area contributed by atoms with Gasteiger partial charge in [-0.3, -0.25) is 4.79 Å². The Morgan fingerprint density at radius 1 is 0.905 bits per heavy atom. The standard InChI is InChI=1S/C18H17NO2/c20-16-11-12-17(21)19(13-14-7-3-1-4-8-14)18(16)15-9-5-2-6-10-15/h1-10,20H,11-13H2/p-1. The maximum Gasteiger partial charge on any atom is 0.227 e. The summed E-state index contributed by atoms with van der Waals surface area (Å²) in [6, 6.07) is 19.2. The number of hydrogen-bond acceptors (Lipinski definition) is 2. The minimum Gasteiger partial charge on any atom is -0.874 e. The summed E-state index contributed by atoms with van der Waals surface area (Å²) in [7, 11) is 0. The fourth-order valence-electron chi connectivity index (χ4n) is 2.60. The molecule has 1 aliphatic heterocycles. The maximum absolute atomic E-state index is 12.3. The Hall–Kier alpha value is -2.55. The number of carbonyl (C=O) groups excluding carboxylic acids is 1. The summed E-state index contributed by atoms with van der Waals surface area (Å²) in [6.07, 6.45) is 0.594. The van der Waals surface area contributed by atoms with Crippen molar-refractivity contribution in [3.8, 4) is 0 Å². The van der Waals surface area contributed by atoms with E-state index in [9.17, 15) is 9.90 Å². The van der Waals surface area contributed by atoms with E-state index in [2.05, 4.69) is 0 Å². The lowest BCUT2D eigenvalue weighted by Crippen LogP contribution is -2.35. The molecule has 3 nitrogen and oxygen atoms in total. The van der Waals surface area contributed by atoms with E-state index >= 15 is 0 Å². The van der Waals surface area contributed by atoms with Crippen molar-refractivity contribution in [1.29, 1.82) is 0 Å². The zero-order chi connectivity index (χ0) is 14.7. The van der Waals surface area contributed by atoms with Crippen molar-refractivity contribution in [1.82, 2.24) is 4.90 Å². The predicted octanol–water partition coefficient (Wildman–Crippen LogP) is 2.54. The van der Waals surface area contributed by atoms with Gasteiger partial charge in [0.25, 0.3) is 0 Å². The van der Waals surface area contributed by atoms with Gasteiger partial charge < -0.3 is 10.0 Å². The summed E-state index contributed by atoms with van der Waals surface area (Å²) >= 11 is 0. The molecule has 2 aromatic rings. The lowest BCUT2D eigenvalue weighted by molar-refractivity contribution is -0.307. The van der Waals surface area contributed by atoms with E-state index in [1.54, 1.807) is 4.90 Å². The molecule has 1 heterocycles. The van der Waals surface area contributed by atoms with E-state index in [1.165, 1.54) is 0 Å². The smallest absolute Gasteiger partial charge is 0.227 e. The first-order valence-corrected chi connectivity index (χ1v) is 7.05. The molecule has 21 heavy (non-hydrogen) atoms. The van der Waals surface area contributed by atoms with Gasteiger partial charge in [-0.2, -0.15) is 0 Å². The summed E-state index contributed by atoms with van der Waals surface area (Å²) < 4.78 is 0. The van der Waals surface area contributed by atoms with Gasteiger partial charge in [-0.25, -0.2) is 0 Å². The molecule has 0 aromatic heterocycles. The van der Waals surface area contributed by atoms with E-state index in [0.717, 1.165) is 11.1 Å². The first-order valence-electron chi connectivity index (χ1n) is 7.05. The van der Waals surface area contributed by atoms with Crippen LogP contribution in [0.5, 0.6) is 0 Å². The van der Waals surface area contributed by atoms with Crippen molar-refractivity contribution in [2.75, 3.05) is 0 Å². The topological polar surface area (TPSA) is 43.4 Å². The Bertz CT molecular complexity index is 662. The number of nitrogens with zero attached hydrogens (tertiary/aromatic N) is 1. The first kappa shape index (κ1) is 13.4. The van der Waals surface area contributed by atoms with E-state index < -0.39 is 0 Å². The van der Waals surface area contributed by atoms with Crippen LogP contribution in [-0.4, -0.2) is 10.8 Å². The molecule has 0 N–H and O–H groups in total. The maximum atomic E-state index is 12.3. The van der Waals surface area contributed by atoms with Crippen LogP contribution in [0.2, 0.25) is 0 Å². The molecule has 0 fully saturated rings. The van der Waals surface area contributed by atoms with Gasteiger partial charge in [0.1, 0.15) is 0 Å². The Morgan fingerprint density at radius 2 is 1.52 bits per heavy atom. The number of hydrogen-bond donors (Lipinski definition) is 0. The SMILES string of the molecule is O=C1CCC([O-])=C(c2ccccc2)N1Cc1ccccc1. The summed E-state index contributed by atoms with van der Waals surface area (Å²) in [5.41, 5.74) is 2.36. The highest BCUT2D eigenvalue weighted by molar-refractivity contribution is 5.89. The molecule has 0 bridgehead atoms. The van der Waals surface area contributed by atoms with Gasteiger partial charge in [-0.05, 0) is 17.5 Å². The third-order valence-electron chi connectivity index (χ3n) is 3.63. The lowest BCUT2D eigenvalue weighted by atomic mass is 10.0. The number of carbonyl (C=O) groups is 1. The quantitative estimate of drug-likeness (QED) is 0.866. The fourth-order valence-corrected chi connectivity index (χ4v) is 2.60. The predicted molar refractivity (Wildman–Crippen MR) is 79.6 cm³/mol. The van der Waals surface area contributed by atoms with Gasteiger partial charge in [0.2, 0.25) is 5.91 Å². The fraction of sp³-hybridized carbons (Fsp3) is 0.167. The van der Waals surface area contributed by atoms with E-state index in [-0.39, 0.29) is 11.7 Å². The summed E-state index contributed by atoms with van der Waals surface area (Å²) in [5.74, 6) is 0.0500. The van der Waals surface area contributed by atoms with Crippen molar-refractivity contribution in [2.45, 2.75) is 19.4 Å². The molecule has 106 valence electrons. The Labute approximate surface area is 124 Å². The molecule has 0 radical (unpaired) electrons. The van der Waals surface area contributed by atoms with Gasteiger partial charge in [-0.1, -0.05) is 60.7 Å². The third kappa shape index (κ3) is 2.82. The van der Waals surface area contributed by atoms with E-state index in [0.29, 0.717) is 25.1 Å². The van der Waals surface area contributed by atoms with Gasteiger partial charge in [0.15, 0.2) is 0 Å². The molecule has 3 rings (SSSR count). The van der Waals surface area contributed by atoms with Crippen LogP contribution >= 0.6 is 0 Å².